The number of hydrogen-bond donors (Lipinski definition) is 1. The van der Waals surface area contributed by atoms with Gasteiger partial charge in [-0.1, -0.05) is 35.9 Å². The molecule has 3 aromatic carbocycles. The van der Waals surface area contributed by atoms with E-state index in [1.54, 1.807) is 55.5 Å². The highest BCUT2D eigenvalue weighted by Gasteiger charge is 2.34. The van der Waals surface area contributed by atoms with Crippen LogP contribution in [0.4, 0.5) is 5.69 Å². The molecule has 1 N–H and O–H groups in total. The molecule has 0 aliphatic heterocycles. The van der Waals surface area contributed by atoms with Gasteiger partial charge < -0.3 is 19.7 Å². The Morgan fingerprint density at radius 2 is 1.54 bits per heavy atom. The number of carbonyl (C=O) groups excluding carboxylic acids is 2. The van der Waals surface area contributed by atoms with E-state index in [9.17, 15) is 18.0 Å². The van der Waals surface area contributed by atoms with Crippen LogP contribution in [-0.2, 0) is 26.2 Å². The number of nitrogens with one attached hydrogen (secondary N) is 1. The second-order valence-electron chi connectivity index (χ2n) is 10.4. The van der Waals surface area contributed by atoms with Crippen LogP contribution < -0.4 is 19.1 Å². The molecule has 1 atom stereocenters. The number of ether oxygens (including phenoxy) is 2. The first-order chi connectivity index (χ1) is 19.3. The zero-order valence-electron chi connectivity index (χ0n) is 24.0. The minimum atomic E-state index is -4.26. The van der Waals surface area contributed by atoms with E-state index in [-0.39, 0.29) is 28.8 Å². The molecule has 0 aliphatic rings. The van der Waals surface area contributed by atoms with Crippen molar-refractivity contribution < 1.29 is 27.5 Å². The van der Waals surface area contributed by atoms with Crippen molar-refractivity contribution in [3.05, 3.63) is 83.4 Å². The van der Waals surface area contributed by atoms with Crippen molar-refractivity contribution >= 4 is 39.1 Å². The predicted octanol–water partition coefficient (Wildman–Crippen LogP) is 4.88. The highest BCUT2D eigenvalue weighted by Crippen LogP contribution is 2.33. The van der Waals surface area contributed by atoms with Crippen molar-refractivity contribution in [3.63, 3.8) is 0 Å². The van der Waals surface area contributed by atoms with E-state index in [0.29, 0.717) is 10.8 Å². The summed E-state index contributed by atoms with van der Waals surface area (Å²) in [7, 11) is -1.36. The second-order valence-corrected chi connectivity index (χ2v) is 12.7. The van der Waals surface area contributed by atoms with E-state index in [1.807, 2.05) is 20.8 Å². The Morgan fingerprint density at radius 3 is 2.10 bits per heavy atom. The van der Waals surface area contributed by atoms with Crippen LogP contribution in [0.3, 0.4) is 0 Å². The number of methoxy groups -OCH3 is 2. The molecule has 0 bridgehead atoms. The third kappa shape index (κ3) is 8.14. The molecule has 2 amide bonds. The lowest BCUT2D eigenvalue weighted by molar-refractivity contribution is -0.140. The van der Waals surface area contributed by atoms with Gasteiger partial charge in [-0.25, -0.2) is 8.42 Å². The minimum absolute atomic E-state index is 0.0419. The van der Waals surface area contributed by atoms with Crippen LogP contribution in [0.2, 0.25) is 5.02 Å². The summed E-state index contributed by atoms with van der Waals surface area (Å²) < 4.78 is 39.6. The largest absolute Gasteiger partial charge is 0.497 e. The van der Waals surface area contributed by atoms with Crippen LogP contribution in [0, 0.1) is 0 Å². The van der Waals surface area contributed by atoms with Gasteiger partial charge in [-0.3, -0.25) is 13.9 Å². The molecule has 11 heteroatoms. The van der Waals surface area contributed by atoms with Crippen LogP contribution in [0.15, 0.2) is 77.7 Å². The lowest BCUT2D eigenvalue weighted by Crippen LogP contribution is -2.54. The summed E-state index contributed by atoms with van der Waals surface area (Å²) in [5.41, 5.74) is 0.360. The lowest BCUT2D eigenvalue weighted by Gasteiger charge is -2.33. The molecule has 0 spiro atoms. The van der Waals surface area contributed by atoms with E-state index in [4.69, 9.17) is 21.1 Å². The Labute approximate surface area is 247 Å². The number of sulfonamides is 1. The first-order valence-corrected chi connectivity index (χ1v) is 14.7. The summed E-state index contributed by atoms with van der Waals surface area (Å²) in [5, 5.41) is 3.43. The van der Waals surface area contributed by atoms with Crippen molar-refractivity contribution in [2.45, 2.75) is 50.7 Å². The van der Waals surface area contributed by atoms with Gasteiger partial charge >= 0.3 is 0 Å². The molecule has 220 valence electrons. The average Bonchev–Trinajstić information content (AvgIpc) is 2.94. The molecule has 9 nitrogen and oxygen atoms in total. The first kappa shape index (κ1) is 31.8. The quantitative estimate of drug-likeness (QED) is 0.336. The zero-order valence-corrected chi connectivity index (χ0v) is 25.6. The molecular weight excluding hydrogens is 566 g/mol. The van der Waals surface area contributed by atoms with Gasteiger partial charge in [0.1, 0.15) is 24.1 Å². The number of hydrogen-bond acceptors (Lipinski definition) is 6. The number of carbonyl (C=O) groups is 2. The Morgan fingerprint density at radius 1 is 0.927 bits per heavy atom. The van der Waals surface area contributed by atoms with Gasteiger partial charge in [0, 0.05) is 17.1 Å². The lowest BCUT2D eigenvalue weighted by atomic mass is 10.1. The van der Waals surface area contributed by atoms with Gasteiger partial charge in [-0.05, 0) is 81.8 Å². The van der Waals surface area contributed by atoms with Gasteiger partial charge in [0.25, 0.3) is 10.0 Å². The summed E-state index contributed by atoms with van der Waals surface area (Å²) >= 11 is 6.05. The summed E-state index contributed by atoms with van der Waals surface area (Å²) in [6, 6.07) is 18.4. The highest BCUT2D eigenvalue weighted by molar-refractivity contribution is 7.92. The number of anilines is 1. The highest BCUT2D eigenvalue weighted by atomic mass is 35.5. The monoisotopic (exact) mass is 601 g/mol. The van der Waals surface area contributed by atoms with E-state index in [0.717, 1.165) is 9.87 Å². The van der Waals surface area contributed by atoms with Crippen LogP contribution in [-0.4, -0.2) is 57.5 Å². The van der Waals surface area contributed by atoms with Crippen molar-refractivity contribution in [2.24, 2.45) is 0 Å². The van der Waals surface area contributed by atoms with Gasteiger partial charge in [0.2, 0.25) is 11.8 Å². The fraction of sp³-hybridized carbons (Fsp3) is 0.333. The predicted molar refractivity (Wildman–Crippen MR) is 160 cm³/mol. The maximum Gasteiger partial charge on any atom is 0.264 e. The number of para-hydroxylation sites is 2. The van der Waals surface area contributed by atoms with Crippen molar-refractivity contribution in [2.75, 3.05) is 25.1 Å². The van der Waals surface area contributed by atoms with Crippen LogP contribution in [0.1, 0.15) is 33.3 Å². The summed E-state index contributed by atoms with van der Waals surface area (Å²) in [6.07, 6.45) is 0. The Hall–Kier alpha value is -3.76. The summed E-state index contributed by atoms with van der Waals surface area (Å²) in [5.74, 6) is -0.210. The third-order valence-electron chi connectivity index (χ3n) is 6.21. The fourth-order valence-electron chi connectivity index (χ4n) is 4.07. The summed E-state index contributed by atoms with van der Waals surface area (Å²) in [4.78, 5) is 28.6. The van der Waals surface area contributed by atoms with E-state index < -0.39 is 34.1 Å². The molecule has 0 saturated carbocycles. The molecule has 1 unspecified atom stereocenters. The maximum atomic E-state index is 14.0. The molecule has 0 saturated heterocycles. The minimum Gasteiger partial charge on any atom is -0.497 e. The number of amides is 2. The molecule has 3 rings (SSSR count). The molecule has 0 heterocycles. The molecule has 0 radical (unpaired) electrons. The number of benzene rings is 3. The van der Waals surface area contributed by atoms with Crippen molar-refractivity contribution in [1.82, 2.24) is 10.2 Å². The Balaban J connectivity index is 2.07. The van der Waals surface area contributed by atoms with Gasteiger partial charge in [-0.2, -0.15) is 0 Å². The molecule has 0 aliphatic carbocycles. The van der Waals surface area contributed by atoms with E-state index in [1.165, 1.54) is 43.4 Å². The second kappa shape index (κ2) is 13.3. The smallest absolute Gasteiger partial charge is 0.264 e. The maximum absolute atomic E-state index is 14.0. The topological polar surface area (TPSA) is 105 Å². The van der Waals surface area contributed by atoms with Gasteiger partial charge in [-0.15, -0.1) is 0 Å². The normalized spacial score (nSPS) is 12.3. The summed E-state index contributed by atoms with van der Waals surface area (Å²) in [6.45, 7) is 6.60. The van der Waals surface area contributed by atoms with Gasteiger partial charge in [0.05, 0.1) is 24.8 Å². The van der Waals surface area contributed by atoms with Gasteiger partial charge in [0.15, 0.2) is 0 Å². The molecular formula is C30H36ClN3O6S. The van der Waals surface area contributed by atoms with Crippen molar-refractivity contribution in [3.8, 4) is 11.5 Å². The fourth-order valence-corrected chi connectivity index (χ4v) is 5.62. The van der Waals surface area contributed by atoms with E-state index in [2.05, 4.69) is 5.32 Å². The number of halogens is 1. The Kier molecular flexibility index (Phi) is 10.3. The molecule has 0 aromatic heterocycles. The molecule has 41 heavy (non-hydrogen) atoms. The van der Waals surface area contributed by atoms with Crippen molar-refractivity contribution in [1.29, 1.82) is 0 Å². The number of rotatable bonds is 11. The van der Waals surface area contributed by atoms with Crippen LogP contribution in [0.5, 0.6) is 11.5 Å². The molecule has 3 aromatic rings. The average molecular weight is 602 g/mol. The SMILES string of the molecule is COc1ccc(S(=O)(=O)N(CC(=O)N(Cc2ccc(Cl)cc2)C(C)C(=O)NC(C)(C)C)c2ccccc2OC)cc1. The standard InChI is InChI=1S/C30H36ClN3O6S/c1-21(29(36)32-30(2,3)4)33(19-22-11-13-23(31)14-12-22)28(35)20-34(26-9-7-8-10-27(26)40-6)41(37,38)25-17-15-24(39-5)16-18-25/h7-18,21H,19-20H2,1-6H3,(H,32,36). The number of nitrogens with zero attached hydrogens (tertiary/aromatic N) is 2. The van der Waals surface area contributed by atoms with Crippen LogP contribution >= 0.6 is 11.6 Å². The van der Waals surface area contributed by atoms with Crippen LogP contribution in [0.25, 0.3) is 0 Å². The van der Waals surface area contributed by atoms with E-state index >= 15 is 0 Å². The Bertz CT molecular complexity index is 1450. The zero-order chi connectivity index (χ0) is 30.4. The first-order valence-electron chi connectivity index (χ1n) is 12.9. The third-order valence-corrected chi connectivity index (χ3v) is 8.24. The molecule has 0 fully saturated rings.